The summed E-state index contributed by atoms with van der Waals surface area (Å²) in [5.41, 5.74) is 4.34. The second-order valence-electron chi connectivity index (χ2n) is 4.72. The molecule has 0 fully saturated rings. The molecule has 1 amide bonds. The minimum atomic E-state index is -0.854. The summed E-state index contributed by atoms with van der Waals surface area (Å²) in [6.07, 6.45) is 0. The molecular weight excluding hydrogens is 154 g/mol. The Bertz CT molecular complexity index is 168. The van der Waals surface area contributed by atoms with E-state index in [4.69, 9.17) is 10.5 Å². The highest BCUT2D eigenvalue weighted by atomic mass is 16.5. The maximum Gasteiger partial charge on any atom is 0.249 e. The number of carbonyl (C=O) groups is 1. The number of primary amides is 1. The van der Waals surface area contributed by atoms with Crippen molar-refractivity contribution in [1.29, 1.82) is 0 Å². The predicted octanol–water partition coefficient (Wildman–Crippen LogP) is 1.31. The summed E-state index contributed by atoms with van der Waals surface area (Å²) >= 11 is 0. The van der Waals surface area contributed by atoms with Crippen molar-refractivity contribution in [1.82, 2.24) is 0 Å². The number of ether oxygens (including phenoxy) is 1. The maximum atomic E-state index is 10.8. The zero-order chi connectivity index (χ0) is 9.99. The molecule has 0 atom stereocenters. The molecule has 0 aliphatic carbocycles. The highest BCUT2D eigenvalue weighted by Gasteiger charge is 2.27. The molecule has 0 aliphatic heterocycles. The molecule has 0 aromatic heterocycles. The Balaban J connectivity index is 4.01. The molecular formula is C9H19NO2. The van der Waals surface area contributed by atoms with Gasteiger partial charge in [0.25, 0.3) is 0 Å². The van der Waals surface area contributed by atoms with Gasteiger partial charge in [0.2, 0.25) is 5.91 Å². The molecule has 0 saturated carbocycles. The molecule has 0 radical (unpaired) electrons. The summed E-state index contributed by atoms with van der Waals surface area (Å²) in [6.45, 7) is 10.0. The van der Waals surface area contributed by atoms with Crippen molar-refractivity contribution in [3.8, 4) is 0 Å². The third-order valence-electron chi connectivity index (χ3n) is 1.46. The van der Waals surface area contributed by atoms with Crippen LogP contribution in [-0.2, 0) is 9.53 Å². The van der Waals surface area contributed by atoms with Crippen molar-refractivity contribution in [2.75, 3.05) is 6.61 Å². The van der Waals surface area contributed by atoms with Crippen molar-refractivity contribution in [3.05, 3.63) is 0 Å². The lowest BCUT2D eigenvalue weighted by molar-refractivity contribution is -0.142. The van der Waals surface area contributed by atoms with Crippen LogP contribution in [0, 0.1) is 5.41 Å². The highest BCUT2D eigenvalue weighted by Crippen LogP contribution is 2.18. The number of hydrogen-bond donors (Lipinski definition) is 1. The summed E-state index contributed by atoms with van der Waals surface area (Å²) in [6, 6.07) is 0. The number of rotatable bonds is 3. The van der Waals surface area contributed by atoms with Crippen LogP contribution >= 0.6 is 0 Å². The van der Waals surface area contributed by atoms with Crippen LogP contribution in [0.1, 0.15) is 34.6 Å². The zero-order valence-electron chi connectivity index (χ0n) is 8.60. The molecule has 3 heteroatoms. The van der Waals surface area contributed by atoms with Crippen molar-refractivity contribution in [2.45, 2.75) is 40.2 Å². The standard InChI is InChI=1S/C9H19NO2/c1-8(2,3)6-12-9(4,5)7(10)11/h6H2,1-5H3,(H2,10,11). The molecule has 0 heterocycles. The second kappa shape index (κ2) is 3.44. The van der Waals surface area contributed by atoms with Crippen LogP contribution in [0.5, 0.6) is 0 Å². The Morgan fingerprint density at radius 2 is 1.67 bits per heavy atom. The van der Waals surface area contributed by atoms with Crippen LogP contribution in [0.25, 0.3) is 0 Å². The lowest BCUT2D eigenvalue weighted by Crippen LogP contribution is -2.42. The third kappa shape index (κ3) is 4.34. The average Bonchev–Trinajstić information content (AvgIpc) is 1.82. The van der Waals surface area contributed by atoms with Gasteiger partial charge in [0.05, 0.1) is 6.61 Å². The minimum absolute atomic E-state index is 0.0622. The van der Waals surface area contributed by atoms with Gasteiger partial charge in [-0.15, -0.1) is 0 Å². The van der Waals surface area contributed by atoms with Crippen LogP contribution in [0.4, 0.5) is 0 Å². The molecule has 0 aromatic carbocycles. The Hall–Kier alpha value is -0.570. The van der Waals surface area contributed by atoms with Crippen LogP contribution in [-0.4, -0.2) is 18.1 Å². The Kier molecular flexibility index (Phi) is 3.27. The van der Waals surface area contributed by atoms with Crippen LogP contribution < -0.4 is 5.73 Å². The summed E-state index contributed by atoms with van der Waals surface area (Å²) in [4.78, 5) is 10.8. The molecule has 0 aliphatic rings. The van der Waals surface area contributed by atoms with Crippen molar-refractivity contribution in [3.63, 3.8) is 0 Å². The van der Waals surface area contributed by atoms with Crippen molar-refractivity contribution < 1.29 is 9.53 Å². The first-order valence-corrected chi connectivity index (χ1v) is 4.09. The highest BCUT2D eigenvalue weighted by molar-refractivity contribution is 5.82. The summed E-state index contributed by atoms with van der Waals surface area (Å²) in [5.74, 6) is -0.424. The molecule has 0 aromatic rings. The van der Waals surface area contributed by atoms with Crippen molar-refractivity contribution in [2.24, 2.45) is 11.1 Å². The largest absolute Gasteiger partial charge is 0.367 e. The van der Waals surface area contributed by atoms with Gasteiger partial charge < -0.3 is 10.5 Å². The maximum absolute atomic E-state index is 10.8. The van der Waals surface area contributed by atoms with E-state index in [0.29, 0.717) is 6.61 Å². The van der Waals surface area contributed by atoms with Gasteiger partial charge in [0.1, 0.15) is 5.60 Å². The topological polar surface area (TPSA) is 52.3 Å². The van der Waals surface area contributed by atoms with E-state index in [0.717, 1.165) is 0 Å². The van der Waals surface area contributed by atoms with E-state index in [-0.39, 0.29) is 5.41 Å². The molecule has 72 valence electrons. The summed E-state index contributed by atoms with van der Waals surface area (Å²) < 4.78 is 5.38. The molecule has 0 unspecified atom stereocenters. The van der Waals surface area contributed by atoms with Gasteiger partial charge in [0.15, 0.2) is 0 Å². The van der Waals surface area contributed by atoms with Crippen LogP contribution in [0.15, 0.2) is 0 Å². The zero-order valence-corrected chi connectivity index (χ0v) is 8.60. The first kappa shape index (κ1) is 11.4. The van der Waals surface area contributed by atoms with E-state index < -0.39 is 11.5 Å². The molecule has 0 bridgehead atoms. The monoisotopic (exact) mass is 173 g/mol. The normalized spacial score (nSPS) is 13.1. The summed E-state index contributed by atoms with van der Waals surface area (Å²) in [5, 5.41) is 0. The van der Waals surface area contributed by atoms with Crippen molar-refractivity contribution >= 4 is 5.91 Å². The third-order valence-corrected chi connectivity index (χ3v) is 1.46. The molecule has 3 nitrogen and oxygen atoms in total. The van der Waals surface area contributed by atoms with E-state index in [1.54, 1.807) is 13.8 Å². The Morgan fingerprint density at radius 1 is 1.25 bits per heavy atom. The Labute approximate surface area is 74.3 Å². The smallest absolute Gasteiger partial charge is 0.249 e. The van der Waals surface area contributed by atoms with Crippen LogP contribution in [0.2, 0.25) is 0 Å². The van der Waals surface area contributed by atoms with Crippen LogP contribution in [0.3, 0.4) is 0 Å². The number of amides is 1. The average molecular weight is 173 g/mol. The fourth-order valence-electron chi connectivity index (χ4n) is 0.468. The summed E-state index contributed by atoms with van der Waals surface area (Å²) in [7, 11) is 0. The lowest BCUT2D eigenvalue weighted by atomic mass is 9.98. The molecule has 2 N–H and O–H groups in total. The van der Waals surface area contributed by atoms with E-state index >= 15 is 0 Å². The first-order chi connectivity index (χ1) is 5.15. The number of hydrogen-bond acceptors (Lipinski definition) is 2. The number of carbonyl (C=O) groups excluding carboxylic acids is 1. The number of nitrogens with two attached hydrogens (primary N) is 1. The van der Waals surface area contributed by atoms with Gasteiger partial charge in [-0.3, -0.25) is 4.79 Å². The van der Waals surface area contributed by atoms with Gasteiger partial charge in [-0.2, -0.15) is 0 Å². The second-order valence-corrected chi connectivity index (χ2v) is 4.72. The first-order valence-electron chi connectivity index (χ1n) is 4.09. The fraction of sp³-hybridized carbons (Fsp3) is 0.889. The van der Waals surface area contributed by atoms with E-state index in [1.807, 2.05) is 20.8 Å². The predicted molar refractivity (Wildman–Crippen MR) is 48.7 cm³/mol. The quantitative estimate of drug-likeness (QED) is 0.699. The van der Waals surface area contributed by atoms with Gasteiger partial charge >= 0.3 is 0 Å². The lowest BCUT2D eigenvalue weighted by Gasteiger charge is -2.26. The minimum Gasteiger partial charge on any atom is -0.367 e. The molecule has 12 heavy (non-hydrogen) atoms. The van der Waals surface area contributed by atoms with Gasteiger partial charge in [0, 0.05) is 0 Å². The molecule has 0 rings (SSSR count). The van der Waals surface area contributed by atoms with E-state index in [2.05, 4.69) is 0 Å². The fourth-order valence-corrected chi connectivity index (χ4v) is 0.468. The van der Waals surface area contributed by atoms with Gasteiger partial charge in [-0.05, 0) is 19.3 Å². The Morgan fingerprint density at radius 3 is 1.92 bits per heavy atom. The SMILES string of the molecule is CC(C)(C)COC(C)(C)C(N)=O. The van der Waals surface area contributed by atoms with Gasteiger partial charge in [-0.1, -0.05) is 20.8 Å². The van der Waals surface area contributed by atoms with Gasteiger partial charge in [-0.25, -0.2) is 0 Å². The van der Waals surface area contributed by atoms with E-state index in [9.17, 15) is 4.79 Å². The van der Waals surface area contributed by atoms with E-state index in [1.165, 1.54) is 0 Å². The molecule has 0 spiro atoms. The molecule has 0 saturated heterocycles.